The Balaban J connectivity index is 1.25. The van der Waals surface area contributed by atoms with Crippen LogP contribution in [0, 0.1) is 33.8 Å². The van der Waals surface area contributed by atoms with Gasteiger partial charge in [-0.2, -0.15) is 0 Å². The van der Waals surface area contributed by atoms with Crippen molar-refractivity contribution in [2.45, 2.75) is 6.42 Å². The number of imide groups is 1. The van der Waals surface area contributed by atoms with E-state index in [-0.39, 0.29) is 41.2 Å². The van der Waals surface area contributed by atoms with Crippen molar-refractivity contribution in [2.75, 3.05) is 40.9 Å². The van der Waals surface area contributed by atoms with Crippen LogP contribution >= 0.6 is 0 Å². The maximum atomic E-state index is 13.1. The fraction of sp³-hybridized carbons (Fsp3) is 0.375. The number of pyridine rings is 1. The first kappa shape index (κ1) is 19.9. The summed E-state index contributed by atoms with van der Waals surface area (Å²) in [5.74, 6) is -0.0168. The van der Waals surface area contributed by atoms with Crippen molar-refractivity contribution in [3.8, 4) is 0 Å². The van der Waals surface area contributed by atoms with Gasteiger partial charge >= 0.3 is 0 Å². The summed E-state index contributed by atoms with van der Waals surface area (Å²) >= 11 is 0. The van der Waals surface area contributed by atoms with E-state index in [1.165, 1.54) is 11.0 Å². The number of allylic oxidation sites excluding steroid dienone is 2. The smallest absolute Gasteiger partial charge is 0.294 e. The number of amides is 2. The molecule has 9 heteroatoms. The highest BCUT2D eigenvalue weighted by atomic mass is 16.6. The van der Waals surface area contributed by atoms with Gasteiger partial charge in [-0.3, -0.25) is 19.7 Å². The van der Waals surface area contributed by atoms with E-state index in [4.69, 9.17) is 0 Å². The Morgan fingerprint density at radius 3 is 2.18 bits per heavy atom. The van der Waals surface area contributed by atoms with Gasteiger partial charge in [-0.05, 0) is 42.5 Å². The van der Waals surface area contributed by atoms with Crippen molar-refractivity contribution in [1.29, 1.82) is 0 Å². The van der Waals surface area contributed by atoms with Crippen molar-refractivity contribution in [2.24, 2.45) is 23.7 Å². The number of piperazine rings is 1. The number of carbonyl (C=O) groups excluding carboxylic acids is 2. The van der Waals surface area contributed by atoms with E-state index in [1.54, 1.807) is 18.3 Å². The fourth-order valence-corrected chi connectivity index (χ4v) is 5.94. The van der Waals surface area contributed by atoms with Crippen LogP contribution in [-0.2, 0) is 9.59 Å². The molecular weight excluding hydrogens is 422 g/mol. The number of rotatable bonds is 4. The average molecular weight is 445 g/mol. The average Bonchev–Trinajstić information content (AvgIpc) is 3.53. The van der Waals surface area contributed by atoms with E-state index >= 15 is 0 Å². The zero-order valence-corrected chi connectivity index (χ0v) is 17.9. The van der Waals surface area contributed by atoms with E-state index in [1.807, 2.05) is 35.3 Å². The Bertz CT molecular complexity index is 1140. The lowest BCUT2D eigenvalue weighted by Crippen LogP contribution is -2.47. The van der Waals surface area contributed by atoms with E-state index in [2.05, 4.69) is 9.88 Å². The lowest BCUT2D eigenvalue weighted by atomic mass is 9.85. The highest BCUT2D eigenvalue weighted by Crippen LogP contribution is 2.53. The number of benzene rings is 1. The standard InChI is InChI=1S/C24H23N5O4/c30-23-21-15-4-5-16(13-15)22(21)24(31)28(23)17-6-7-18(19(14-17)29(32)33)26-9-11-27(12-10-26)20-3-1-2-8-25-20/h1-8,14-16,21-22H,9-13H2/t15-,16-,21-,22+/m0/s1. The lowest BCUT2D eigenvalue weighted by molar-refractivity contribution is -0.384. The molecule has 4 aliphatic rings. The molecule has 33 heavy (non-hydrogen) atoms. The van der Waals surface area contributed by atoms with Gasteiger partial charge in [-0.15, -0.1) is 0 Å². The van der Waals surface area contributed by atoms with Gasteiger partial charge in [-0.1, -0.05) is 18.2 Å². The lowest BCUT2D eigenvalue weighted by Gasteiger charge is -2.36. The third-order valence-electron chi connectivity index (χ3n) is 7.48. The van der Waals surface area contributed by atoms with E-state index in [0.29, 0.717) is 37.6 Å². The number of nitro benzene ring substituents is 1. The van der Waals surface area contributed by atoms with Gasteiger partial charge in [-0.25, -0.2) is 9.88 Å². The Labute approximate surface area is 190 Å². The molecule has 1 saturated carbocycles. The molecule has 4 atom stereocenters. The number of hydrogen-bond acceptors (Lipinski definition) is 7. The summed E-state index contributed by atoms with van der Waals surface area (Å²) in [5, 5.41) is 12.0. The molecule has 1 aromatic heterocycles. The van der Waals surface area contributed by atoms with Gasteiger partial charge in [0, 0.05) is 38.4 Å². The largest absolute Gasteiger partial charge is 0.362 e. The minimum absolute atomic E-state index is 0.0856. The molecule has 0 radical (unpaired) electrons. The third-order valence-corrected chi connectivity index (χ3v) is 7.48. The van der Waals surface area contributed by atoms with Gasteiger partial charge in [0.05, 0.1) is 22.4 Å². The summed E-state index contributed by atoms with van der Waals surface area (Å²) in [4.78, 5) is 47.4. The van der Waals surface area contributed by atoms with Gasteiger partial charge < -0.3 is 9.80 Å². The van der Waals surface area contributed by atoms with Crippen molar-refractivity contribution >= 4 is 34.7 Å². The molecule has 9 nitrogen and oxygen atoms in total. The van der Waals surface area contributed by atoms with Gasteiger partial charge in [0.25, 0.3) is 5.69 Å². The molecule has 0 spiro atoms. The molecule has 2 aliphatic heterocycles. The second-order valence-electron chi connectivity index (χ2n) is 9.10. The minimum atomic E-state index is -0.430. The van der Waals surface area contributed by atoms with Crippen LogP contribution in [0.5, 0.6) is 0 Å². The van der Waals surface area contributed by atoms with Crippen LogP contribution in [0.4, 0.5) is 22.9 Å². The summed E-state index contributed by atoms with van der Waals surface area (Å²) in [6, 6.07) is 10.5. The zero-order chi connectivity index (χ0) is 22.7. The van der Waals surface area contributed by atoms with Crippen LogP contribution < -0.4 is 14.7 Å². The first-order valence-corrected chi connectivity index (χ1v) is 11.3. The monoisotopic (exact) mass is 445 g/mol. The SMILES string of the molecule is O=C1[C@@H]2[C@H](C(=O)N1c1ccc(N3CCN(c4ccccn4)CC3)c([N+](=O)[O-])c1)[C@H]1C=C[C@H]2C1. The number of nitro groups is 1. The second kappa shape index (κ2) is 7.40. The molecule has 6 rings (SSSR count). The maximum absolute atomic E-state index is 13.1. The van der Waals surface area contributed by atoms with Gasteiger partial charge in [0.2, 0.25) is 11.8 Å². The maximum Gasteiger partial charge on any atom is 0.294 e. The van der Waals surface area contributed by atoms with Crippen LogP contribution in [0.3, 0.4) is 0 Å². The molecule has 0 N–H and O–H groups in total. The predicted octanol–water partition coefficient (Wildman–Crippen LogP) is 2.63. The molecule has 2 amide bonds. The summed E-state index contributed by atoms with van der Waals surface area (Å²) in [6.45, 7) is 2.60. The molecule has 2 aromatic rings. The first-order valence-electron chi connectivity index (χ1n) is 11.3. The van der Waals surface area contributed by atoms with Crippen molar-refractivity contribution in [1.82, 2.24) is 4.98 Å². The highest BCUT2D eigenvalue weighted by Gasteiger charge is 2.59. The number of carbonyl (C=O) groups is 2. The fourth-order valence-electron chi connectivity index (χ4n) is 5.94. The van der Waals surface area contributed by atoms with Crippen molar-refractivity contribution in [3.05, 3.63) is 64.9 Å². The Morgan fingerprint density at radius 1 is 0.909 bits per heavy atom. The van der Waals surface area contributed by atoms with Crippen molar-refractivity contribution in [3.63, 3.8) is 0 Å². The quantitative estimate of drug-likeness (QED) is 0.309. The Kier molecular flexibility index (Phi) is 4.46. The van der Waals surface area contributed by atoms with E-state index in [9.17, 15) is 19.7 Å². The summed E-state index contributed by atoms with van der Waals surface area (Å²) in [6.07, 6.45) is 6.68. The normalized spacial score (nSPS) is 28.1. The number of anilines is 3. The van der Waals surface area contributed by atoms with Crippen LogP contribution in [0.1, 0.15) is 6.42 Å². The minimum Gasteiger partial charge on any atom is -0.362 e. The molecule has 3 heterocycles. The van der Waals surface area contributed by atoms with Crippen molar-refractivity contribution < 1.29 is 14.5 Å². The van der Waals surface area contributed by atoms with Crippen LogP contribution in [0.15, 0.2) is 54.7 Å². The van der Waals surface area contributed by atoms with Gasteiger partial charge in [0.1, 0.15) is 11.5 Å². The predicted molar refractivity (Wildman–Crippen MR) is 122 cm³/mol. The molecule has 168 valence electrons. The first-order chi connectivity index (χ1) is 16.0. The number of fused-ring (bicyclic) bond motifs is 5. The van der Waals surface area contributed by atoms with Crippen LogP contribution in [0.2, 0.25) is 0 Å². The number of hydrogen-bond donors (Lipinski definition) is 0. The zero-order valence-electron chi connectivity index (χ0n) is 17.9. The molecule has 3 fully saturated rings. The third kappa shape index (κ3) is 3.02. The van der Waals surface area contributed by atoms with Crippen LogP contribution in [-0.4, -0.2) is 47.9 Å². The second-order valence-corrected chi connectivity index (χ2v) is 9.10. The summed E-state index contributed by atoms with van der Waals surface area (Å²) < 4.78 is 0. The number of nitrogens with zero attached hydrogens (tertiary/aromatic N) is 5. The molecule has 0 unspecified atom stereocenters. The summed E-state index contributed by atoms with van der Waals surface area (Å²) in [7, 11) is 0. The van der Waals surface area contributed by atoms with E-state index in [0.717, 1.165) is 12.2 Å². The Hall–Kier alpha value is -3.75. The van der Waals surface area contributed by atoms with Gasteiger partial charge in [0.15, 0.2) is 0 Å². The summed E-state index contributed by atoms with van der Waals surface area (Å²) in [5.41, 5.74) is 0.712. The molecule has 2 aliphatic carbocycles. The molecule has 2 bridgehead atoms. The topological polar surface area (TPSA) is 99.9 Å². The molecule has 1 aromatic carbocycles. The van der Waals surface area contributed by atoms with Crippen LogP contribution in [0.25, 0.3) is 0 Å². The molecule has 2 saturated heterocycles. The highest BCUT2D eigenvalue weighted by molar-refractivity contribution is 6.23. The molecular formula is C24H23N5O4. The number of aromatic nitrogens is 1. The van der Waals surface area contributed by atoms with E-state index < -0.39 is 4.92 Å². The Morgan fingerprint density at radius 2 is 1.58 bits per heavy atom.